The SMILES string of the molecule is CCNc1cc(Oc2c(Br)cc(OCC(=O)OC)cc2Br)ccc1NC(=O)CC(C)C. The summed E-state index contributed by atoms with van der Waals surface area (Å²) in [5.41, 5.74) is 1.46. The molecule has 0 aromatic heterocycles. The van der Waals surface area contributed by atoms with Crippen LogP contribution in [0.5, 0.6) is 17.2 Å². The van der Waals surface area contributed by atoms with Crippen LogP contribution in [0.15, 0.2) is 39.3 Å². The zero-order valence-electron chi connectivity index (χ0n) is 17.9. The first-order valence-corrected chi connectivity index (χ1v) is 11.4. The van der Waals surface area contributed by atoms with Crippen LogP contribution in [0.3, 0.4) is 0 Å². The predicted molar refractivity (Wildman–Crippen MR) is 128 cm³/mol. The number of benzene rings is 2. The second-order valence-corrected chi connectivity index (χ2v) is 8.78. The van der Waals surface area contributed by atoms with Crippen molar-refractivity contribution >= 4 is 55.1 Å². The number of hydrogen-bond acceptors (Lipinski definition) is 6. The summed E-state index contributed by atoms with van der Waals surface area (Å²) >= 11 is 6.95. The van der Waals surface area contributed by atoms with Crippen molar-refractivity contribution in [2.75, 3.05) is 30.9 Å². The molecule has 0 unspecified atom stereocenters. The van der Waals surface area contributed by atoms with Crippen LogP contribution >= 0.6 is 31.9 Å². The van der Waals surface area contributed by atoms with Gasteiger partial charge in [0, 0.05) is 19.0 Å². The first-order valence-electron chi connectivity index (χ1n) is 9.77. The molecule has 7 nitrogen and oxygen atoms in total. The average molecular weight is 558 g/mol. The lowest BCUT2D eigenvalue weighted by Crippen LogP contribution is -2.15. The standard InChI is InChI=1S/C22H26Br2N2O5/c1-5-25-19-11-14(6-7-18(19)26-20(27)8-13(2)3)31-22-16(23)9-15(10-17(22)24)30-12-21(28)29-4/h6-7,9-11,13,25H,5,8,12H2,1-4H3,(H,26,27). The molecule has 9 heteroatoms. The van der Waals surface area contributed by atoms with E-state index in [1.165, 1.54) is 7.11 Å². The summed E-state index contributed by atoms with van der Waals surface area (Å²) in [5, 5.41) is 6.20. The maximum Gasteiger partial charge on any atom is 0.343 e. The van der Waals surface area contributed by atoms with Crippen molar-refractivity contribution in [3.05, 3.63) is 39.3 Å². The zero-order valence-corrected chi connectivity index (χ0v) is 21.1. The van der Waals surface area contributed by atoms with Crippen molar-refractivity contribution < 1.29 is 23.8 Å². The van der Waals surface area contributed by atoms with Crippen LogP contribution < -0.4 is 20.1 Å². The third-order valence-electron chi connectivity index (χ3n) is 4.00. The molecule has 0 aliphatic carbocycles. The molecule has 2 N–H and O–H groups in total. The number of anilines is 2. The lowest BCUT2D eigenvalue weighted by Gasteiger charge is -2.16. The van der Waals surface area contributed by atoms with Gasteiger partial charge in [-0.1, -0.05) is 13.8 Å². The number of ether oxygens (including phenoxy) is 3. The molecule has 0 saturated carbocycles. The van der Waals surface area contributed by atoms with E-state index < -0.39 is 5.97 Å². The molecule has 2 rings (SSSR count). The predicted octanol–water partition coefficient (Wildman–Crippen LogP) is 5.97. The van der Waals surface area contributed by atoms with Crippen molar-refractivity contribution in [3.8, 4) is 17.2 Å². The molecule has 0 bridgehead atoms. The minimum Gasteiger partial charge on any atom is -0.482 e. The summed E-state index contributed by atoms with van der Waals surface area (Å²) in [6, 6.07) is 8.83. The summed E-state index contributed by atoms with van der Waals surface area (Å²) in [6.45, 7) is 6.49. The van der Waals surface area contributed by atoms with Crippen molar-refractivity contribution in [1.82, 2.24) is 0 Å². The smallest absolute Gasteiger partial charge is 0.343 e. The number of amides is 1. The Kier molecular flexibility index (Phi) is 9.64. The van der Waals surface area contributed by atoms with Gasteiger partial charge in [0.25, 0.3) is 0 Å². The van der Waals surface area contributed by atoms with Gasteiger partial charge in [-0.15, -0.1) is 0 Å². The first kappa shape index (κ1) is 25.0. The number of nitrogens with one attached hydrogen (secondary N) is 2. The molecule has 2 aromatic carbocycles. The number of rotatable bonds is 10. The number of halogens is 2. The second-order valence-electron chi connectivity index (χ2n) is 7.07. The van der Waals surface area contributed by atoms with E-state index in [4.69, 9.17) is 9.47 Å². The Hall–Kier alpha value is -2.26. The lowest BCUT2D eigenvalue weighted by atomic mass is 10.1. The largest absolute Gasteiger partial charge is 0.482 e. The molecule has 0 fully saturated rings. The van der Waals surface area contributed by atoms with E-state index in [1.54, 1.807) is 24.3 Å². The van der Waals surface area contributed by atoms with E-state index in [0.717, 1.165) is 5.69 Å². The van der Waals surface area contributed by atoms with E-state index in [2.05, 4.69) is 47.2 Å². The molecule has 0 aliphatic heterocycles. The Morgan fingerprint density at radius 2 is 1.71 bits per heavy atom. The third kappa shape index (κ3) is 7.74. The van der Waals surface area contributed by atoms with Crippen LogP contribution in [0.1, 0.15) is 27.2 Å². The van der Waals surface area contributed by atoms with Gasteiger partial charge >= 0.3 is 5.97 Å². The highest BCUT2D eigenvalue weighted by atomic mass is 79.9. The highest BCUT2D eigenvalue weighted by Gasteiger charge is 2.14. The van der Waals surface area contributed by atoms with Crippen LogP contribution in [-0.4, -0.2) is 32.1 Å². The van der Waals surface area contributed by atoms with Gasteiger partial charge in [0.15, 0.2) is 12.4 Å². The van der Waals surface area contributed by atoms with Crippen LogP contribution in [0.2, 0.25) is 0 Å². The highest BCUT2D eigenvalue weighted by molar-refractivity contribution is 9.11. The Labute approximate surface area is 199 Å². The van der Waals surface area contributed by atoms with E-state index in [0.29, 0.717) is 44.8 Å². The van der Waals surface area contributed by atoms with E-state index in [-0.39, 0.29) is 18.4 Å². The molecule has 2 aromatic rings. The van der Waals surface area contributed by atoms with Crippen LogP contribution in [0.4, 0.5) is 11.4 Å². The molecule has 0 saturated heterocycles. The van der Waals surface area contributed by atoms with Crippen LogP contribution in [-0.2, 0) is 14.3 Å². The molecule has 168 valence electrons. The van der Waals surface area contributed by atoms with Gasteiger partial charge in [0.2, 0.25) is 5.91 Å². The highest BCUT2D eigenvalue weighted by Crippen LogP contribution is 2.41. The summed E-state index contributed by atoms with van der Waals surface area (Å²) in [6.07, 6.45) is 0.452. The lowest BCUT2D eigenvalue weighted by molar-refractivity contribution is -0.142. The van der Waals surface area contributed by atoms with E-state index in [9.17, 15) is 9.59 Å². The normalized spacial score (nSPS) is 10.5. The first-order chi connectivity index (χ1) is 14.7. The van der Waals surface area contributed by atoms with Crippen molar-refractivity contribution in [3.63, 3.8) is 0 Å². The minimum atomic E-state index is -0.468. The van der Waals surface area contributed by atoms with Crippen LogP contribution in [0, 0.1) is 5.92 Å². The molecule has 1 amide bonds. The fourth-order valence-electron chi connectivity index (χ4n) is 2.64. The number of hydrogen-bond donors (Lipinski definition) is 2. The zero-order chi connectivity index (χ0) is 23.0. The van der Waals surface area contributed by atoms with Crippen LogP contribution in [0.25, 0.3) is 0 Å². The topological polar surface area (TPSA) is 85.9 Å². The monoisotopic (exact) mass is 556 g/mol. The fraction of sp³-hybridized carbons (Fsp3) is 0.364. The Balaban J connectivity index is 2.20. The van der Waals surface area contributed by atoms with Crippen molar-refractivity contribution in [2.24, 2.45) is 5.92 Å². The molecule has 0 aliphatic rings. The molecule has 0 radical (unpaired) electrons. The average Bonchev–Trinajstić information content (AvgIpc) is 2.70. The number of carbonyl (C=O) groups excluding carboxylic acids is 2. The Morgan fingerprint density at radius 1 is 1.03 bits per heavy atom. The molecule has 0 atom stereocenters. The Bertz CT molecular complexity index is 911. The number of methoxy groups -OCH3 is 1. The molecular formula is C22H26Br2N2O5. The van der Waals surface area contributed by atoms with Gasteiger partial charge < -0.3 is 24.8 Å². The van der Waals surface area contributed by atoms with Gasteiger partial charge in [-0.05, 0) is 69.0 Å². The van der Waals surface area contributed by atoms with Gasteiger partial charge in [0.1, 0.15) is 11.5 Å². The summed E-state index contributed by atoms with van der Waals surface area (Å²) in [5.74, 6) is 1.39. The molecule has 0 heterocycles. The molecular weight excluding hydrogens is 532 g/mol. The maximum absolute atomic E-state index is 12.2. The number of esters is 1. The minimum absolute atomic E-state index is 0.0316. The van der Waals surface area contributed by atoms with Gasteiger partial charge in [0.05, 0.1) is 27.4 Å². The van der Waals surface area contributed by atoms with Gasteiger partial charge in [-0.3, -0.25) is 4.79 Å². The molecule has 0 spiro atoms. The van der Waals surface area contributed by atoms with Gasteiger partial charge in [-0.2, -0.15) is 0 Å². The molecule has 31 heavy (non-hydrogen) atoms. The Morgan fingerprint density at radius 3 is 2.29 bits per heavy atom. The fourth-order valence-corrected chi connectivity index (χ4v) is 3.95. The second kappa shape index (κ2) is 12.0. The van der Waals surface area contributed by atoms with Gasteiger partial charge in [-0.25, -0.2) is 4.79 Å². The summed E-state index contributed by atoms with van der Waals surface area (Å²) in [7, 11) is 1.30. The summed E-state index contributed by atoms with van der Waals surface area (Å²) in [4.78, 5) is 23.4. The maximum atomic E-state index is 12.2. The third-order valence-corrected chi connectivity index (χ3v) is 5.18. The van der Waals surface area contributed by atoms with Crippen molar-refractivity contribution in [1.29, 1.82) is 0 Å². The number of carbonyl (C=O) groups is 2. The van der Waals surface area contributed by atoms with E-state index in [1.807, 2.05) is 26.8 Å². The summed E-state index contributed by atoms with van der Waals surface area (Å²) < 4.78 is 17.3. The van der Waals surface area contributed by atoms with Crippen molar-refractivity contribution in [2.45, 2.75) is 27.2 Å². The quantitative estimate of drug-likeness (QED) is 0.350. The van der Waals surface area contributed by atoms with E-state index >= 15 is 0 Å².